The molecule has 3 aromatic carbocycles. The van der Waals surface area contributed by atoms with E-state index in [0.29, 0.717) is 44.9 Å². The van der Waals surface area contributed by atoms with Crippen LogP contribution >= 0.6 is 23.4 Å². The number of carbonyl (C=O) groups excluding carboxylic acids is 1. The molecule has 4 heterocycles. The lowest BCUT2D eigenvalue weighted by Crippen LogP contribution is -2.22. The van der Waals surface area contributed by atoms with Crippen LogP contribution in [0.3, 0.4) is 0 Å². The predicted octanol–water partition coefficient (Wildman–Crippen LogP) is 5.92. The van der Waals surface area contributed by atoms with Gasteiger partial charge in [-0.15, -0.1) is 0 Å². The van der Waals surface area contributed by atoms with Gasteiger partial charge in [0.1, 0.15) is 11.3 Å². The monoisotopic (exact) mass is 576 g/mol. The molecule has 0 saturated carbocycles. The maximum absolute atomic E-state index is 13.0. The summed E-state index contributed by atoms with van der Waals surface area (Å²) in [6.07, 6.45) is 1.56. The van der Waals surface area contributed by atoms with Crippen LogP contribution in [0.15, 0.2) is 107 Å². The molecule has 0 spiro atoms. The summed E-state index contributed by atoms with van der Waals surface area (Å²) in [4.78, 5) is 40.2. The summed E-state index contributed by atoms with van der Waals surface area (Å²) in [5.74, 6) is 0.229. The number of halogens is 1. The van der Waals surface area contributed by atoms with Gasteiger partial charge in [0.25, 0.3) is 11.5 Å². The number of amides is 1. The van der Waals surface area contributed by atoms with E-state index in [-0.39, 0.29) is 11.5 Å². The normalized spacial score (nSPS) is 11.5. The van der Waals surface area contributed by atoms with Crippen molar-refractivity contribution in [3.8, 4) is 0 Å². The van der Waals surface area contributed by atoms with Crippen LogP contribution < -0.4 is 10.9 Å². The summed E-state index contributed by atoms with van der Waals surface area (Å²) in [6, 6.07) is 28.1. The lowest BCUT2D eigenvalue weighted by molar-refractivity contribution is 0.0951. The first kappa shape index (κ1) is 25.3. The molecule has 1 amide bonds. The Morgan fingerprint density at radius 1 is 0.878 bits per heavy atom. The van der Waals surface area contributed by atoms with E-state index in [1.54, 1.807) is 30.5 Å². The van der Waals surface area contributed by atoms with Gasteiger partial charge >= 0.3 is 0 Å². The third-order valence-electron chi connectivity index (χ3n) is 6.79. The number of carbonyl (C=O) groups is 1. The SMILES string of the molecule is O=C(NCc1ccccc1)c1ccc2c(c1)nc(SCc1cc(=O)n3cc(Cl)ccc3n1)n1c3ccccc3nc21. The molecule has 0 fully saturated rings. The number of benzene rings is 3. The van der Waals surface area contributed by atoms with E-state index < -0.39 is 0 Å². The number of rotatable bonds is 6. The van der Waals surface area contributed by atoms with E-state index >= 15 is 0 Å². The van der Waals surface area contributed by atoms with E-state index in [9.17, 15) is 9.59 Å². The number of aromatic nitrogens is 5. The van der Waals surface area contributed by atoms with Gasteiger partial charge in [-0.2, -0.15) is 0 Å². The molecule has 0 aliphatic carbocycles. The Kier molecular flexibility index (Phi) is 6.37. The van der Waals surface area contributed by atoms with Crippen LogP contribution in [0.4, 0.5) is 0 Å². The van der Waals surface area contributed by atoms with Crippen LogP contribution in [0, 0.1) is 0 Å². The zero-order chi connectivity index (χ0) is 27.9. The van der Waals surface area contributed by atoms with Gasteiger partial charge in [0, 0.05) is 35.5 Å². The van der Waals surface area contributed by atoms with Crippen LogP contribution in [0.1, 0.15) is 21.6 Å². The van der Waals surface area contributed by atoms with Gasteiger partial charge in [0.2, 0.25) is 0 Å². The van der Waals surface area contributed by atoms with E-state index in [1.165, 1.54) is 22.2 Å². The van der Waals surface area contributed by atoms with E-state index in [0.717, 1.165) is 27.6 Å². The van der Waals surface area contributed by atoms with Gasteiger partial charge in [0.05, 0.1) is 27.3 Å². The third-order valence-corrected chi connectivity index (χ3v) is 7.99. The highest BCUT2D eigenvalue weighted by Crippen LogP contribution is 2.30. The fourth-order valence-electron chi connectivity index (χ4n) is 4.82. The smallest absolute Gasteiger partial charge is 0.258 e. The highest BCUT2D eigenvalue weighted by atomic mass is 35.5. The van der Waals surface area contributed by atoms with Crippen molar-refractivity contribution in [2.75, 3.05) is 0 Å². The van der Waals surface area contributed by atoms with Crippen LogP contribution in [0.25, 0.3) is 33.2 Å². The molecule has 41 heavy (non-hydrogen) atoms. The molecule has 10 heteroatoms. The average Bonchev–Trinajstić information content (AvgIpc) is 3.39. The third kappa shape index (κ3) is 4.79. The molecule has 8 nitrogen and oxygen atoms in total. The van der Waals surface area contributed by atoms with Crippen molar-refractivity contribution in [2.45, 2.75) is 17.5 Å². The molecule has 0 unspecified atom stereocenters. The number of fused-ring (bicyclic) bond motifs is 6. The number of hydrogen-bond donors (Lipinski definition) is 1. The van der Waals surface area contributed by atoms with Crippen molar-refractivity contribution in [2.24, 2.45) is 0 Å². The number of nitrogens with one attached hydrogen (secondary N) is 1. The molecule has 1 N–H and O–H groups in total. The van der Waals surface area contributed by atoms with Crippen LogP contribution in [-0.4, -0.2) is 29.7 Å². The molecule has 0 saturated heterocycles. The van der Waals surface area contributed by atoms with Crippen LogP contribution in [-0.2, 0) is 12.3 Å². The largest absolute Gasteiger partial charge is 0.348 e. The average molecular weight is 577 g/mol. The van der Waals surface area contributed by atoms with Crippen molar-refractivity contribution >= 4 is 62.5 Å². The molecule has 0 aliphatic heterocycles. The van der Waals surface area contributed by atoms with Crippen molar-refractivity contribution in [1.82, 2.24) is 29.1 Å². The van der Waals surface area contributed by atoms with Crippen LogP contribution in [0.2, 0.25) is 5.02 Å². The quantitative estimate of drug-likeness (QED) is 0.195. The Morgan fingerprint density at radius 2 is 1.71 bits per heavy atom. The topological polar surface area (TPSA) is 93.7 Å². The second-order valence-electron chi connectivity index (χ2n) is 9.50. The number of thioether (sulfide) groups is 1. The highest BCUT2D eigenvalue weighted by Gasteiger charge is 2.17. The van der Waals surface area contributed by atoms with Crippen LogP contribution in [0.5, 0.6) is 0 Å². The van der Waals surface area contributed by atoms with Crippen molar-refractivity contribution in [1.29, 1.82) is 0 Å². The first-order valence-electron chi connectivity index (χ1n) is 12.9. The fraction of sp³-hybridized carbons (Fsp3) is 0.0645. The van der Waals surface area contributed by atoms with Gasteiger partial charge in [0.15, 0.2) is 5.16 Å². The lowest BCUT2D eigenvalue weighted by atomic mass is 10.1. The van der Waals surface area contributed by atoms with Crippen molar-refractivity contribution in [3.05, 3.63) is 129 Å². The number of hydrogen-bond acceptors (Lipinski definition) is 6. The molecule has 0 radical (unpaired) electrons. The Balaban J connectivity index is 1.28. The predicted molar refractivity (Wildman–Crippen MR) is 162 cm³/mol. The first-order chi connectivity index (χ1) is 20.0. The van der Waals surface area contributed by atoms with E-state index in [1.807, 2.05) is 65.1 Å². The minimum atomic E-state index is -0.205. The van der Waals surface area contributed by atoms with Gasteiger partial charge in [-0.3, -0.25) is 18.4 Å². The summed E-state index contributed by atoms with van der Waals surface area (Å²) in [6.45, 7) is 0.432. The highest BCUT2D eigenvalue weighted by molar-refractivity contribution is 7.98. The molecule has 7 aromatic rings. The molecule has 4 aromatic heterocycles. The zero-order valence-corrected chi connectivity index (χ0v) is 23.1. The van der Waals surface area contributed by atoms with Gasteiger partial charge in [-0.25, -0.2) is 15.0 Å². The van der Waals surface area contributed by atoms with Gasteiger partial charge in [-0.1, -0.05) is 65.8 Å². The molecule has 0 bridgehead atoms. The van der Waals surface area contributed by atoms with Gasteiger partial charge < -0.3 is 5.32 Å². The molecular formula is C31H21ClN6O2S. The van der Waals surface area contributed by atoms with E-state index in [4.69, 9.17) is 21.6 Å². The Bertz CT molecular complexity index is 2180. The number of imidazole rings is 1. The summed E-state index contributed by atoms with van der Waals surface area (Å²) >= 11 is 7.51. The Labute approximate surface area is 242 Å². The molecule has 7 rings (SSSR count). The van der Waals surface area contributed by atoms with Crippen molar-refractivity contribution in [3.63, 3.8) is 0 Å². The molecular weight excluding hydrogens is 556 g/mol. The van der Waals surface area contributed by atoms with Crippen molar-refractivity contribution < 1.29 is 4.79 Å². The minimum absolute atomic E-state index is 0.180. The summed E-state index contributed by atoms with van der Waals surface area (Å²) in [5, 5.41) is 4.97. The molecule has 0 atom stereocenters. The standard InChI is InChI=1S/C31H21ClN6O2S/c32-21-11-13-27-34-22(15-28(39)37(27)17-21)18-41-31-36-25-14-20(30(40)33-16-19-6-2-1-3-7-19)10-12-23(25)29-35-24-8-4-5-9-26(24)38(29)31/h1-15,17H,16,18H2,(H,33,40). The van der Waals surface area contributed by atoms with Gasteiger partial charge in [-0.05, 0) is 48.0 Å². The lowest BCUT2D eigenvalue weighted by Gasteiger charge is -2.10. The maximum Gasteiger partial charge on any atom is 0.258 e. The second kappa shape index (κ2) is 10.3. The minimum Gasteiger partial charge on any atom is -0.348 e. The number of nitrogens with zero attached hydrogens (tertiary/aromatic N) is 5. The fourth-order valence-corrected chi connectivity index (χ4v) is 5.89. The zero-order valence-electron chi connectivity index (χ0n) is 21.5. The van der Waals surface area contributed by atoms with E-state index in [2.05, 4.69) is 10.3 Å². The molecule has 200 valence electrons. The summed E-state index contributed by atoms with van der Waals surface area (Å²) in [7, 11) is 0. The Hall–Kier alpha value is -4.73. The first-order valence-corrected chi connectivity index (χ1v) is 14.2. The number of pyridine rings is 1. The number of para-hydroxylation sites is 2. The Morgan fingerprint density at radius 3 is 2.59 bits per heavy atom. The molecule has 0 aliphatic rings. The summed E-state index contributed by atoms with van der Waals surface area (Å²) < 4.78 is 3.45. The summed E-state index contributed by atoms with van der Waals surface area (Å²) in [5.41, 5.74) is 5.64. The maximum atomic E-state index is 13.0. The second-order valence-corrected chi connectivity index (χ2v) is 10.9.